The number of nitrogens with zero attached hydrogens (tertiary/aromatic N) is 1. The van der Waals surface area contributed by atoms with E-state index >= 15 is 0 Å². The van der Waals surface area contributed by atoms with Crippen LogP contribution in [0.4, 0.5) is 5.69 Å². The largest absolute Gasteiger partial charge is 0.503 e. The molecule has 0 radical (unpaired) electrons. The maximum atomic E-state index is 12.3. The van der Waals surface area contributed by atoms with Crippen LogP contribution in [0.15, 0.2) is 65.8 Å². The minimum absolute atomic E-state index is 0.0996. The molecule has 3 N–H and O–H groups in total. The fraction of sp³-hybridized carbons (Fsp3) is 0.0455. The SMILES string of the molecule is COc1cc(/C=N\NC(=O)c2ccc(NC(=O)c3cccc(Cl)c3)cc2)cc(Cl)c1O. The number of nitrogens with one attached hydrogen (secondary N) is 2. The first-order chi connectivity index (χ1) is 14.9. The first kappa shape index (κ1) is 22.1. The smallest absolute Gasteiger partial charge is 0.271 e. The van der Waals surface area contributed by atoms with Gasteiger partial charge in [0.15, 0.2) is 11.5 Å². The van der Waals surface area contributed by atoms with Gasteiger partial charge >= 0.3 is 0 Å². The lowest BCUT2D eigenvalue weighted by Gasteiger charge is -2.07. The molecule has 0 heterocycles. The van der Waals surface area contributed by atoms with Gasteiger partial charge in [-0.1, -0.05) is 29.3 Å². The first-order valence-corrected chi connectivity index (χ1v) is 9.70. The van der Waals surface area contributed by atoms with Crippen molar-refractivity contribution in [2.75, 3.05) is 12.4 Å². The van der Waals surface area contributed by atoms with E-state index in [-0.39, 0.29) is 22.4 Å². The van der Waals surface area contributed by atoms with Crippen molar-refractivity contribution in [3.63, 3.8) is 0 Å². The summed E-state index contributed by atoms with van der Waals surface area (Å²) in [5.41, 5.74) is 4.22. The number of hydrogen-bond donors (Lipinski definition) is 3. The Morgan fingerprint density at radius 2 is 1.74 bits per heavy atom. The molecule has 3 aromatic carbocycles. The van der Waals surface area contributed by atoms with Crippen molar-refractivity contribution < 1.29 is 19.4 Å². The fourth-order valence-corrected chi connectivity index (χ4v) is 3.00. The van der Waals surface area contributed by atoms with Gasteiger partial charge in [0.05, 0.1) is 18.3 Å². The van der Waals surface area contributed by atoms with Crippen molar-refractivity contribution in [2.45, 2.75) is 0 Å². The van der Waals surface area contributed by atoms with Gasteiger partial charge in [-0.25, -0.2) is 5.43 Å². The van der Waals surface area contributed by atoms with Gasteiger partial charge in [0.1, 0.15) is 0 Å². The Morgan fingerprint density at radius 1 is 1.00 bits per heavy atom. The molecule has 3 rings (SSSR count). The van der Waals surface area contributed by atoms with E-state index in [1.54, 1.807) is 48.5 Å². The van der Waals surface area contributed by atoms with E-state index in [4.69, 9.17) is 27.9 Å². The van der Waals surface area contributed by atoms with Gasteiger partial charge in [0.25, 0.3) is 11.8 Å². The van der Waals surface area contributed by atoms with Crippen LogP contribution in [0.1, 0.15) is 26.3 Å². The summed E-state index contributed by atoms with van der Waals surface area (Å²) in [6, 6.07) is 15.9. The molecule has 0 saturated heterocycles. The molecule has 0 aliphatic carbocycles. The lowest BCUT2D eigenvalue weighted by atomic mass is 10.1. The summed E-state index contributed by atoms with van der Waals surface area (Å²) >= 11 is 11.8. The summed E-state index contributed by atoms with van der Waals surface area (Å²) in [4.78, 5) is 24.5. The summed E-state index contributed by atoms with van der Waals surface area (Å²) in [6.07, 6.45) is 1.37. The molecule has 0 aliphatic rings. The Balaban J connectivity index is 1.61. The van der Waals surface area contributed by atoms with Crippen LogP contribution in [-0.2, 0) is 0 Å². The molecular weight excluding hydrogens is 441 g/mol. The highest BCUT2D eigenvalue weighted by atomic mass is 35.5. The molecule has 0 spiro atoms. The number of methoxy groups -OCH3 is 1. The van der Waals surface area contributed by atoms with Crippen molar-refractivity contribution >= 4 is 46.9 Å². The third kappa shape index (κ3) is 5.75. The van der Waals surface area contributed by atoms with Crippen LogP contribution >= 0.6 is 23.2 Å². The summed E-state index contributed by atoms with van der Waals surface area (Å²) in [7, 11) is 1.40. The lowest BCUT2D eigenvalue weighted by Crippen LogP contribution is -2.18. The van der Waals surface area contributed by atoms with Crippen LogP contribution in [0.25, 0.3) is 0 Å². The van der Waals surface area contributed by atoms with E-state index in [9.17, 15) is 14.7 Å². The van der Waals surface area contributed by atoms with E-state index in [0.29, 0.717) is 27.4 Å². The average Bonchev–Trinajstić information content (AvgIpc) is 2.76. The molecule has 2 amide bonds. The van der Waals surface area contributed by atoms with Crippen LogP contribution in [0, 0.1) is 0 Å². The van der Waals surface area contributed by atoms with E-state index in [1.807, 2.05) is 0 Å². The van der Waals surface area contributed by atoms with E-state index in [2.05, 4.69) is 15.8 Å². The van der Waals surface area contributed by atoms with E-state index in [1.165, 1.54) is 25.5 Å². The second-order valence-corrected chi connectivity index (χ2v) is 7.14. The topological polar surface area (TPSA) is 100 Å². The highest BCUT2D eigenvalue weighted by Crippen LogP contribution is 2.34. The maximum Gasteiger partial charge on any atom is 0.271 e. The summed E-state index contributed by atoms with van der Waals surface area (Å²) in [5.74, 6) is -0.739. The quantitative estimate of drug-likeness (QED) is 0.368. The number of halogens is 2. The maximum absolute atomic E-state index is 12.3. The van der Waals surface area contributed by atoms with Crippen LogP contribution in [0.2, 0.25) is 10.0 Å². The highest BCUT2D eigenvalue weighted by molar-refractivity contribution is 6.32. The standard InChI is InChI=1S/C22H17Cl2N3O4/c1-31-19-10-13(9-18(24)20(19)28)12-25-27-22(30)14-5-7-17(8-6-14)26-21(29)15-3-2-4-16(23)11-15/h2-12,28H,1H3,(H,26,29)(H,27,30)/b25-12-. The molecule has 7 nitrogen and oxygen atoms in total. The van der Waals surface area contributed by atoms with Crippen molar-refractivity contribution in [2.24, 2.45) is 5.10 Å². The molecule has 0 unspecified atom stereocenters. The van der Waals surface area contributed by atoms with Crippen LogP contribution < -0.4 is 15.5 Å². The van der Waals surface area contributed by atoms with Gasteiger partial charge in [0, 0.05) is 21.8 Å². The lowest BCUT2D eigenvalue weighted by molar-refractivity contribution is 0.0954. The van der Waals surface area contributed by atoms with E-state index < -0.39 is 5.91 Å². The molecule has 0 bridgehead atoms. The number of carbonyl (C=O) groups is 2. The minimum atomic E-state index is -0.444. The number of phenolic OH excluding ortho intramolecular Hbond substituents is 1. The molecule has 158 valence electrons. The molecule has 0 saturated carbocycles. The van der Waals surface area contributed by atoms with E-state index in [0.717, 1.165) is 0 Å². The third-order valence-electron chi connectivity index (χ3n) is 4.14. The highest BCUT2D eigenvalue weighted by Gasteiger charge is 2.10. The number of hydrazone groups is 1. The number of carbonyl (C=O) groups excluding carboxylic acids is 2. The van der Waals surface area contributed by atoms with Crippen molar-refractivity contribution in [3.05, 3.63) is 87.4 Å². The van der Waals surface area contributed by atoms with Gasteiger partial charge in [-0.3, -0.25) is 9.59 Å². The van der Waals surface area contributed by atoms with Crippen LogP contribution in [-0.4, -0.2) is 30.2 Å². The average molecular weight is 458 g/mol. The number of benzene rings is 3. The van der Waals surface area contributed by atoms with Crippen LogP contribution in [0.3, 0.4) is 0 Å². The first-order valence-electron chi connectivity index (χ1n) is 8.94. The van der Waals surface area contributed by atoms with Gasteiger partial charge < -0.3 is 15.2 Å². The minimum Gasteiger partial charge on any atom is -0.503 e. The zero-order valence-electron chi connectivity index (χ0n) is 16.2. The van der Waals surface area contributed by atoms with Crippen molar-refractivity contribution in [3.8, 4) is 11.5 Å². The van der Waals surface area contributed by atoms with Crippen molar-refractivity contribution in [1.82, 2.24) is 5.43 Å². The number of amides is 2. The monoisotopic (exact) mass is 457 g/mol. The Hall–Kier alpha value is -3.55. The van der Waals surface area contributed by atoms with Gasteiger partial charge in [-0.15, -0.1) is 0 Å². The third-order valence-corrected chi connectivity index (χ3v) is 4.67. The number of aromatic hydroxyl groups is 1. The summed E-state index contributed by atoms with van der Waals surface area (Å²) < 4.78 is 5.02. The Kier molecular flexibility index (Phi) is 7.12. The zero-order chi connectivity index (χ0) is 22.4. The molecule has 0 atom stereocenters. The second kappa shape index (κ2) is 9.97. The molecule has 31 heavy (non-hydrogen) atoms. The Bertz CT molecular complexity index is 1150. The number of phenols is 1. The summed E-state index contributed by atoms with van der Waals surface area (Å²) in [5, 5.41) is 16.9. The molecule has 9 heteroatoms. The zero-order valence-corrected chi connectivity index (χ0v) is 17.7. The predicted molar refractivity (Wildman–Crippen MR) is 121 cm³/mol. The molecule has 3 aromatic rings. The fourth-order valence-electron chi connectivity index (χ4n) is 2.59. The molecule has 0 aromatic heterocycles. The normalized spacial score (nSPS) is 10.7. The Labute approximate surface area is 188 Å². The number of anilines is 1. The second-order valence-electron chi connectivity index (χ2n) is 6.29. The summed E-state index contributed by atoms with van der Waals surface area (Å²) in [6.45, 7) is 0. The van der Waals surface area contributed by atoms with Gasteiger partial charge in [0.2, 0.25) is 0 Å². The molecule has 0 fully saturated rings. The number of rotatable bonds is 6. The number of hydrogen-bond acceptors (Lipinski definition) is 5. The van der Waals surface area contributed by atoms with Crippen LogP contribution in [0.5, 0.6) is 11.5 Å². The predicted octanol–water partition coefficient (Wildman–Crippen LogP) is 4.72. The van der Waals surface area contributed by atoms with Crippen molar-refractivity contribution in [1.29, 1.82) is 0 Å². The molecular formula is C22H17Cl2N3O4. The Morgan fingerprint density at radius 3 is 2.42 bits per heavy atom. The van der Waals surface area contributed by atoms with Gasteiger partial charge in [-0.05, 0) is 60.2 Å². The molecule has 0 aliphatic heterocycles. The number of ether oxygens (including phenoxy) is 1. The van der Waals surface area contributed by atoms with Gasteiger partial charge in [-0.2, -0.15) is 5.10 Å².